The number of carbonyl (C=O) groups is 1. The summed E-state index contributed by atoms with van der Waals surface area (Å²) >= 11 is 0. The Morgan fingerprint density at radius 1 is 1.26 bits per heavy atom. The van der Waals surface area contributed by atoms with Crippen molar-refractivity contribution in [2.45, 2.75) is 71.9 Å². The number of hydrogen-bond acceptors (Lipinski definition) is 4. The molecule has 9 heteroatoms. The van der Waals surface area contributed by atoms with Gasteiger partial charge in [0, 0.05) is 11.1 Å². The summed E-state index contributed by atoms with van der Waals surface area (Å²) in [4.78, 5) is 16.3. The van der Waals surface area contributed by atoms with E-state index < -0.39 is 29.9 Å². The van der Waals surface area contributed by atoms with Crippen molar-refractivity contribution in [1.29, 1.82) is 0 Å². The second kappa shape index (κ2) is 12.7. The number of halogens is 4. The highest BCUT2D eigenvalue weighted by atomic mass is 19.4. The third kappa shape index (κ3) is 7.63. The molecule has 5 nitrogen and oxygen atoms in total. The zero-order valence-corrected chi connectivity index (χ0v) is 22.7. The lowest BCUT2D eigenvalue weighted by Crippen LogP contribution is -2.39. The van der Waals surface area contributed by atoms with Gasteiger partial charge in [0.25, 0.3) is 5.91 Å². The van der Waals surface area contributed by atoms with E-state index in [-0.39, 0.29) is 35.1 Å². The van der Waals surface area contributed by atoms with Crippen LogP contribution in [-0.2, 0) is 9.63 Å². The summed E-state index contributed by atoms with van der Waals surface area (Å²) in [5, 5.41) is 3.98. The molecule has 0 aromatic heterocycles. The Labute approximate surface area is 227 Å². The molecule has 2 aliphatic carbocycles. The zero-order valence-electron chi connectivity index (χ0n) is 22.7. The first-order valence-electron chi connectivity index (χ1n) is 13.1. The minimum absolute atomic E-state index is 0.0231. The number of ether oxygens (including phenoxy) is 1. The summed E-state index contributed by atoms with van der Waals surface area (Å²) in [5.74, 6) is -0.909. The van der Waals surface area contributed by atoms with Gasteiger partial charge < -0.3 is 15.3 Å². The molecule has 0 heterocycles. The SMILES string of the molecule is C=C=C(O/N=C(\C)c1ccc(OCC(N)=O)c(F)c1)C1=CC=C(CC2CCCCC(C)C2)C(C)(C(F)(F)F)C1. The van der Waals surface area contributed by atoms with Crippen LogP contribution in [0.1, 0.15) is 71.3 Å². The number of benzene rings is 1. The van der Waals surface area contributed by atoms with Crippen molar-refractivity contribution < 1.29 is 31.9 Å². The molecule has 1 fully saturated rings. The molecule has 3 unspecified atom stereocenters. The monoisotopic (exact) mass is 548 g/mol. The van der Waals surface area contributed by atoms with E-state index >= 15 is 0 Å². The zero-order chi connectivity index (χ0) is 28.8. The Balaban J connectivity index is 1.80. The van der Waals surface area contributed by atoms with E-state index in [1.807, 2.05) is 0 Å². The fourth-order valence-electron chi connectivity index (χ4n) is 5.26. The summed E-state index contributed by atoms with van der Waals surface area (Å²) < 4.78 is 62.8. The maximum absolute atomic E-state index is 14.5. The quantitative estimate of drug-likeness (QED) is 0.0866. The van der Waals surface area contributed by atoms with E-state index in [0.717, 1.165) is 38.2 Å². The highest BCUT2D eigenvalue weighted by molar-refractivity contribution is 5.98. The maximum atomic E-state index is 14.5. The third-order valence-corrected chi connectivity index (χ3v) is 7.61. The van der Waals surface area contributed by atoms with Crippen LogP contribution in [0.25, 0.3) is 0 Å². The predicted molar refractivity (Wildman–Crippen MR) is 142 cm³/mol. The lowest BCUT2D eigenvalue weighted by molar-refractivity contribution is -0.205. The molecule has 0 bridgehead atoms. The van der Waals surface area contributed by atoms with Crippen LogP contribution >= 0.6 is 0 Å². The summed E-state index contributed by atoms with van der Waals surface area (Å²) in [6, 6.07) is 3.96. The van der Waals surface area contributed by atoms with E-state index in [0.29, 0.717) is 23.5 Å². The summed E-state index contributed by atoms with van der Waals surface area (Å²) in [6.07, 6.45) is 4.02. The van der Waals surface area contributed by atoms with Crippen LogP contribution < -0.4 is 10.5 Å². The van der Waals surface area contributed by atoms with Crippen molar-refractivity contribution >= 4 is 11.6 Å². The molecule has 3 rings (SSSR count). The molecule has 212 valence electrons. The van der Waals surface area contributed by atoms with Gasteiger partial charge in [0.2, 0.25) is 5.76 Å². The molecule has 0 radical (unpaired) electrons. The molecule has 39 heavy (non-hydrogen) atoms. The number of hydrogen-bond donors (Lipinski definition) is 1. The first-order chi connectivity index (χ1) is 18.3. The number of primary amides is 1. The largest absolute Gasteiger partial charge is 0.481 e. The van der Waals surface area contributed by atoms with E-state index in [2.05, 4.69) is 24.4 Å². The van der Waals surface area contributed by atoms with E-state index in [1.165, 1.54) is 19.1 Å². The summed E-state index contributed by atoms with van der Waals surface area (Å²) in [7, 11) is 0. The normalized spacial score (nSPS) is 24.1. The minimum Gasteiger partial charge on any atom is -0.481 e. The standard InChI is InChI=1S/C30H36F4N2O3/c1-5-26(39-36-20(3)22-11-13-27(25(31)16-22)38-18-28(35)37)23-10-12-24(29(4,17-23)30(32,33)34)15-21-9-7-6-8-19(2)14-21/h10-13,16,19,21H,1,6-9,14-15,17-18H2,2-4H3,(H2,35,37)/b36-20+. The number of oxime groups is 1. The van der Waals surface area contributed by atoms with Crippen molar-refractivity contribution in [2.24, 2.45) is 28.1 Å². The van der Waals surface area contributed by atoms with Gasteiger partial charge in [-0.3, -0.25) is 4.79 Å². The molecule has 0 spiro atoms. The number of nitrogens with two attached hydrogens (primary N) is 1. The Morgan fingerprint density at radius 3 is 2.62 bits per heavy atom. The fraction of sp³-hybridized carbons (Fsp3) is 0.500. The molecule has 0 aliphatic heterocycles. The van der Waals surface area contributed by atoms with Crippen LogP contribution in [0.4, 0.5) is 17.6 Å². The Morgan fingerprint density at radius 2 is 1.97 bits per heavy atom. The van der Waals surface area contributed by atoms with Crippen LogP contribution in [-0.4, -0.2) is 24.4 Å². The smallest absolute Gasteiger partial charge is 0.398 e. The molecule has 2 N–H and O–H groups in total. The molecule has 1 aromatic rings. The lowest BCUT2D eigenvalue weighted by Gasteiger charge is -2.39. The van der Waals surface area contributed by atoms with E-state index in [1.54, 1.807) is 19.1 Å². The van der Waals surface area contributed by atoms with Crippen LogP contribution in [0, 0.1) is 23.1 Å². The highest BCUT2D eigenvalue weighted by Gasteiger charge is 2.54. The highest BCUT2D eigenvalue weighted by Crippen LogP contribution is 2.53. The van der Waals surface area contributed by atoms with Crippen molar-refractivity contribution in [3.8, 4) is 5.75 Å². The van der Waals surface area contributed by atoms with Crippen LogP contribution in [0.2, 0.25) is 0 Å². The molecule has 1 aromatic carbocycles. The third-order valence-electron chi connectivity index (χ3n) is 7.61. The Kier molecular flexibility index (Phi) is 9.83. The maximum Gasteiger partial charge on any atom is 0.398 e. The van der Waals surface area contributed by atoms with Crippen LogP contribution in [0.3, 0.4) is 0 Å². The average molecular weight is 549 g/mol. The van der Waals surface area contributed by atoms with Gasteiger partial charge in [-0.2, -0.15) is 13.2 Å². The molecular formula is C30H36F4N2O3. The first-order valence-corrected chi connectivity index (χ1v) is 13.1. The number of alkyl halides is 3. The van der Waals surface area contributed by atoms with Crippen molar-refractivity contribution in [2.75, 3.05) is 6.61 Å². The molecule has 0 saturated heterocycles. The topological polar surface area (TPSA) is 73.9 Å². The average Bonchev–Trinajstić information content (AvgIpc) is 3.07. The molecule has 1 saturated carbocycles. The van der Waals surface area contributed by atoms with Gasteiger partial charge in [-0.25, -0.2) is 4.39 Å². The van der Waals surface area contributed by atoms with Gasteiger partial charge in [0.05, 0.1) is 11.1 Å². The second-order valence-corrected chi connectivity index (χ2v) is 10.8. The number of rotatable bonds is 9. The Hall–Kier alpha value is -3.32. The molecule has 3 atom stereocenters. The number of carbonyl (C=O) groups excluding carboxylic acids is 1. The van der Waals surface area contributed by atoms with E-state index in [9.17, 15) is 22.4 Å². The van der Waals surface area contributed by atoms with Gasteiger partial charge in [-0.1, -0.05) is 67.8 Å². The number of nitrogens with zero attached hydrogens (tertiary/aromatic N) is 1. The van der Waals surface area contributed by atoms with Crippen LogP contribution in [0.5, 0.6) is 5.75 Å². The van der Waals surface area contributed by atoms with Gasteiger partial charge in [-0.05, 0) is 63.1 Å². The molecule has 2 aliphatic rings. The second-order valence-electron chi connectivity index (χ2n) is 10.8. The minimum atomic E-state index is -4.46. The number of allylic oxidation sites excluding steroid dienone is 4. The van der Waals surface area contributed by atoms with Crippen LogP contribution in [0.15, 0.2) is 64.7 Å². The van der Waals surface area contributed by atoms with Crippen molar-refractivity contribution in [1.82, 2.24) is 0 Å². The first kappa shape index (κ1) is 30.2. The summed E-state index contributed by atoms with van der Waals surface area (Å²) in [5.41, 5.74) is 6.78. The predicted octanol–water partition coefficient (Wildman–Crippen LogP) is 7.53. The molecule has 1 amide bonds. The van der Waals surface area contributed by atoms with Crippen molar-refractivity contribution in [3.63, 3.8) is 0 Å². The van der Waals surface area contributed by atoms with Crippen molar-refractivity contribution in [3.05, 3.63) is 70.9 Å². The Bertz CT molecular complexity index is 1210. The fourth-order valence-corrected chi connectivity index (χ4v) is 5.26. The lowest BCUT2D eigenvalue weighted by atomic mass is 9.69. The number of amides is 1. The van der Waals surface area contributed by atoms with Gasteiger partial charge in [0.15, 0.2) is 18.2 Å². The van der Waals surface area contributed by atoms with E-state index in [4.69, 9.17) is 15.3 Å². The molecular weight excluding hydrogens is 512 g/mol. The van der Waals surface area contributed by atoms with Gasteiger partial charge >= 0.3 is 6.18 Å². The van der Waals surface area contributed by atoms with Gasteiger partial charge in [-0.15, -0.1) is 0 Å². The van der Waals surface area contributed by atoms with Gasteiger partial charge in [0.1, 0.15) is 0 Å². The summed E-state index contributed by atoms with van der Waals surface area (Å²) in [6.45, 7) is 8.08.